The number of hydrogen-bond acceptors (Lipinski definition) is 3. The molecule has 0 fully saturated rings. The van der Waals surface area contributed by atoms with Crippen LogP contribution in [0, 0.1) is 5.41 Å². The van der Waals surface area contributed by atoms with Gasteiger partial charge < -0.3 is 5.73 Å². The van der Waals surface area contributed by atoms with E-state index in [1.54, 1.807) is 30.3 Å². The Morgan fingerprint density at radius 1 is 1.22 bits per heavy atom. The van der Waals surface area contributed by atoms with Crippen LogP contribution in [-0.4, -0.2) is 21.0 Å². The molecule has 3 N–H and O–H groups in total. The lowest BCUT2D eigenvalue weighted by Crippen LogP contribution is -2.44. The first-order valence-corrected chi connectivity index (χ1v) is 7.53. The van der Waals surface area contributed by atoms with Gasteiger partial charge in [0.05, 0.1) is 4.90 Å². The van der Waals surface area contributed by atoms with Gasteiger partial charge >= 0.3 is 0 Å². The van der Waals surface area contributed by atoms with Crippen molar-refractivity contribution in [3.05, 3.63) is 30.3 Å². The monoisotopic (exact) mass is 270 g/mol. The fourth-order valence-corrected chi connectivity index (χ4v) is 3.19. The van der Waals surface area contributed by atoms with Crippen LogP contribution in [0.15, 0.2) is 35.2 Å². The van der Waals surface area contributed by atoms with Gasteiger partial charge in [-0.3, -0.25) is 0 Å². The fraction of sp³-hybridized carbons (Fsp3) is 0.538. The molecule has 18 heavy (non-hydrogen) atoms. The Bertz CT molecular complexity index is 464. The third-order valence-electron chi connectivity index (χ3n) is 2.85. The van der Waals surface area contributed by atoms with Gasteiger partial charge in [0.25, 0.3) is 0 Å². The zero-order chi connectivity index (χ0) is 13.8. The second-order valence-electron chi connectivity index (χ2n) is 5.43. The molecule has 4 nitrogen and oxygen atoms in total. The minimum absolute atomic E-state index is 0.165. The second-order valence-corrected chi connectivity index (χ2v) is 7.14. The molecule has 0 aromatic heterocycles. The van der Waals surface area contributed by atoms with E-state index in [0.717, 1.165) is 0 Å². The molecule has 0 aliphatic carbocycles. The highest BCUT2D eigenvalue weighted by molar-refractivity contribution is 7.89. The number of rotatable bonds is 5. The molecule has 0 amide bonds. The third kappa shape index (κ3) is 4.08. The third-order valence-corrected chi connectivity index (χ3v) is 4.34. The molecule has 0 bridgehead atoms. The van der Waals surface area contributed by atoms with Gasteiger partial charge in [-0.25, -0.2) is 13.1 Å². The number of hydrogen-bond donors (Lipinski definition) is 2. The lowest BCUT2D eigenvalue weighted by atomic mass is 9.85. The van der Waals surface area contributed by atoms with Crippen molar-refractivity contribution >= 4 is 10.0 Å². The molecule has 102 valence electrons. The Hall–Kier alpha value is -0.910. The number of nitrogens with two attached hydrogens (primary N) is 1. The van der Waals surface area contributed by atoms with E-state index in [1.807, 2.05) is 20.8 Å². The van der Waals surface area contributed by atoms with Gasteiger partial charge in [0, 0.05) is 6.04 Å². The Morgan fingerprint density at radius 3 is 2.22 bits per heavy atom. The van der Waals surface area contributed by atoms with Gasteiger partial charge in [-0.15, -0.1) is 0 Å². The van der Waals surface area contributed by atoms with Crippen LogP contribution in [0.25, 0.3) is 0 Å². The van der Waals surface area contributed by atoms with Crippen molar-refractivity contribution < 1.29 is 8.42 Å². The molecule has 1 aromatic rings. The molecule has 0 heterocycles. The van der Waals surface area contributed by atoms with Crippen LogP contribution < -0.4 is 10.5 Å². The van der Waals surface area contributed by atoms with E-state index in [2.05, 4.69) is 4.72 Å². The van der Waals surface area contributed by atoms with Crippen molar-refractivity contribution in [1.29, 1.82) is 0 Å². The summed E-state index contributed by atoms with van der Waals surface area (Å²) < 4.78 is 27.2. The van der Waals surface area contributed by atoms with E-state index in [9.17, 15) is 8.42 Å². The SMILES string of the molecule is CC(C)(C)C(CCN)NS(=O)(=O)c1ccccc1. The highest BCUT2D eigenvalue weighted by Gasteiger charge is 2.28. The van der Waals surface area contributed by atoms with Crippen LogP contribution in [0.4, 0.5) is 0 Å². The van der Waals surface area contributed by atoms with E-state index in [4.69, 9.17) is 5.73 Å². The molecule has 0 aliphatic heterocycles. The summed E-state index contributed by atoms with van der Waals surface area (Å²) in [6.45, 7) is 6.46. The molecule has 0 spiro atoms. The minimum atomic E-state index is -3.47. The Morgan fingerprint density at radius 2 is 1.78 bits per heavy atom. The van der Waals surface area contributed by atoms with Crippen LogP contribution in [0.5, 0.6) is 0 Å². The van der Waals surface area contributed by atoms with E-state index >= 15 is 0 Å². The molecule has 1 unspecified atom stereocenters. The predicted molar refractivity (Wildman–Crippen MR) is 73.7 cm³/mol. The van der Waals surface area contributed by atoms with Crippen molar-refractivity contribution in [3.63, 3.8) is 0 Å². The van der Waals surface area contributed by atoms with Crippen LogP contribution >= 0.6 is 0 Å². The van der Waals surface area contributed by atoms with Gasteiger partial charge in [-0.1, -0.05) is 39.0 Å². The van der Waals surface area contributed by atoms with Crippen molar-refractivity contribution in [2.75, 3.05) is 6.54 Å². The zero-order valence-corrected chi connectivity index (χ0v) is 12.0. The van der Waals surface area contributed by atoms with E-state index < -0.39 is 10.0 Å². The topological polar surface area (TPSA) is 72.2 Å². The molecule has 0 saturated carbocycles. The second kappa shape index (κ2) is 5.82. The lowest BCUT2D eigenvalue weighted by molar-refractivity contribution is 0.287. The lowest BCUT2D eigenvalue weighted by Gasteiger charge is -2.31. The highest BCUT2D eigenvalue weighted by atomic mass is 32.2. The maximum Gasteiger partial charge on any atom is 0.240 e. The quantitative estimate of drug-likeness (QED) is 0.856. The Labute approximate surface area is 110 Å². The average molecular weight is 270 g/mol. The van der Waals surface area contributed by atoms with Gasteiger partial charge in [0.1, 0.15) is 0 Å². The van der Waals surface area contributed by atoms with Crippen LogP contribution in [0.1, 0.15) is 27.2 Å². The average Bonchev–Trinajstić information content (AvgIpc) is 2.28. The normalized spacial score (nSPS) is 14.4. The van der Waals surface area contributed by atoms with Crippen LogP contribution in [0.3, 0.4) is 0 Å². The first-order chi connectivity index (χ1) is 8.27. The van der Waals surface area contributed by atoms with E-state index in [0.29, 0.717) is 13.0 Å². The number of sulfonamides is 1. The Balaban J connectivity index is 2.94. The van der Waals surface area contributed by atoms with Crippen molar-refractivity contribution in [1.82, 2.24) is 4.72 Å². The maximum atomic E-state index is 12.2. The van der Waals surface area contributed by atoms with Crippen LogP contribution in [0.2, 0.25) is 0 Å². The molecule has 1 rings (SSSR count). The molecular weight excluding hydrogens is 248 g/mol. The smallest absolute Gasteiger partial charge is 0.240 e. The van der Waals surface area contributed by atoms with E-state index in [1.165, 1.54) is 0 Å². The molecule has 5 heteroatoms. The molecule has 0 saturated heterocycles. The van der Waals surface area contributed by atoms with Gasteiger partial charge in [-0.05, 0) is 30.5 Å². The van der Waals surface area contributed by atoms with Crippen molar-refractivity contribution in [2.24, 2.45) is 11.1 Å². The summed E-state index contributed by atoms with van der Waals surface area (Å²) in [5, 5.41) is 0. The molecular formula is C13H22N2O2S. The molecule has 1 aromatic carbocycles. The molecule has 0 radical (unpaired) electrons. The fourth-order valence-electron chi connectivity index (χ4n) is 1.69. The number of nitrogens with one attached hydrogen (secondary N) is 1. The summed E-state index contributed by atoms with van der Waals surface area (Å²) in [4.78, 5) is 0.288. The summed E-state index contributed by atoms with van der Waals surface area (Å²) in [5.74, 6) is 0. The van der Waals surface area contributed by atoms with Crippen LogP contribution in [-0.2, 0) is 10.0 Å². The summed E-state index contributed by atoms with van der Waals surface area (Å²) in [7, 11) is -3.47. The maximum absolute atomic E-state index is 12.2. The minimum Gasteiger partial charge on any atom is -0.330 e. The van der Waals surface area contributed by atoms with Crippen molar-refractivity contribution in [3.8, 4) is 0 Å². The van der Waals surface area contributed by atoms with Gasteiger partial charge in [-0.2, -0.15) is 0 Å². The highest BCUT2D eigenvalue weighted by Crippen LogP contribution is 2.23. The Kier molecular flexibility index (Phi) is 4.90. The first-order valence-electron chi connectivity index (χ1n) is 6.05. The molecule has 1 atom stereocenters. The predicted octanol–water partition coefficient (Wildman–Crippen LogP) is 1.73. The molecule has 0 aliphatic rings. The summed E-state index contributed by atoms with van der Waals surface area (Å²) >= 11 is 0. The number of benzene rings is 1. The standard InChI is InChI=1S/C13H22N2O2S/c1-13(2,3)12(9-10-14)15-18(16,17)11-7-5-4-6-8-11/h4-8,12,15H,9-10,14H2,1-3H3. The van der Waals surface area contributed by atoms with Crippen molar-refractivity contribution in [2.45, 2.75) is 38.1 Å². The van der Waals surface area contributed by atoms with Gasteiger partial charge in [0.2, 0.25) is 10.0 Å². The summed E-state index contributed by atoms with van der Waals surface area (Å²) in [6.07, 6.45) is 0.621. The largest absolute Gasteiger partial charge is 0.330 e. The summed E-state index contributed by atoms with van der Waals surface area (Å²) in [6, 6.07) is 8.22. The zero-order valence-electron chi connectivity index (χ0n) is 11.2. The van der Waals surface area contributed by atoms with Gasteiger partial charge in [0.15, 0.2) is 0 Å². The summed E-state index contributed by atoms with van der Waals surface area (Å²) in [5.41, 5.74) is 5.38. The first kappa shape index (κ1) is 15.1. The van der Waals surface area contributed by atoms with E-state index in [-0.39, 0.29) is 16.4 Å².